The van der Waals surface area contributed by atoms with Crippen molar-refractivity contribution in [3.8, 4) is 0 Å². The van der Waals surface area contributed by atoms with Crippen molar-refractivity contribution in [1.29, 1.82) is 0 Å². The molecule has 0 amide bonds. The maximum Gasteiger partial charge on any atom is 0.306 e. The number of esters is 3. The van der Waals surface area contributed by atoms with Gasteiger partial charge in [-0.15, -0.1) is 0 Å². The van der Waals surface area contributed by atoms with Gasteiger partial charge in [0, 0.05) is 19.3 Å². The van der Waals surface area contributed by atoms with Gasteiger partial charge >= 0.3 is 17.9 Å². The number of allylic oxidation sites excluding steroid dienone is 8. The zero-order valence-electron chi connectivity index (χ0n) is 47.5. The SMILES string of the molecule is CCCCC/C=C\C/C=C\CCCCCCCCCCCC(=O)OCC(COC(=O)CCCCCCCCCCCCCCCCCC)OC(=O)CCCCCCCCC/C=C\C/C=C\CCCCCC. The molecule has 0 heterocycles. The lowest BCUT2D eigenvalue weighted by Gasteiger charge is -2.18. The van der Waals surface area contributed by atoms with Crippen LogP contribution in [0.3, 0.4) is 0 Å². The lowest BCUT2D eigenvalue weighted by molar-refractivity contribution is -0.167. The van der Waals surface area contributed by atoms with Crippen LogP contribution in [0.25, 0.3) is 0 Å². The Kier molecular flexibility index (Phi) is 57.7. The molecule has 0 spiro atoms. The van der Waals surface area contributed by atoms with Gasteiger partial charge in [0.25, 0.3) is 0 Å². The fraction of sp³-hybridized carbons (Fsp3) is 0.831. The van der Waals surface area contributed by atoms with Gasteiger partial charge < -0.3 is 14.2 Å². The molecule has 0 saturated heterocycles. The summed E-state index contributed by atoms with van der Waals surface area (Å²) in [6.45, 7) is 6.64. The van der Waals surface area contributed by atoms with E-state index in [-0.39, 0.29) is 31.1 Å². The fourth-order valence-electron chi connectivity index (χ4n) is 9.09. The smallest absolute Gasteiger partial charge is 0.306 e. The highest BCUT2D eigenvalue weighted by atomic mass is 16.6. The standard InChI is InChI=1S/C65H118O6/c1-4-7-10-13-16-19-22-25-28-31-33-35-37-40-43-46-49-52-55-58-64(67)70-61-62(60-69-63(66)57-54-51-48-45-42-39-36-30-27-24-21-18-15-12-9-6-3)71-65(68)59-56-53-50-47-44-41-38-34-32-29-26-23-20-17-14-11-8-5-2/h16,19-20,23,25,28-29,32,62H,4-15,17-18,21-22,24,26-27,30-31,33-61H2,1-3H3/b19-16-,23-20-,28-25-,32-29-. The van der Waals surface area contributed by atoms with Gasteiger partial charge in [-0.05, 0) is 83.5 Å². The summed E-state index contributed by atoms with van der Waals surface area (Å²) in [5, 5.41) is 0. The molecular weight excluding hydrogens is 877 g/mol. The quantitative estimate of drug-likeness (QED) is 0.0261. The van der Waals surface area contributed by atoms with Gasteiger partial charge in [0.05, 0.1) is 0 Å². The van der Waals surface area contributed by atoms with Gasteiger partial charge in [-0.3, -0.25) is 14.4 Å². The summed E-state index contributed by atoms with van der Waals surface area (Å²) in [6, 6.07) is 0. The van der Waals surface area contributed by atoms with E-state index in [2.05, 4.69) is 69.4 Å². The van der Waals surface area contributed by atoms with Crippen LogP contribution in [0.5, 0.6) is 0 Å². The van der Waals surface area contributed by atoms with E-state index in [0.29, 0.717) is 19.3 Å². The number of carbonyl (C=O) groups excluding carboxylic acids is 3. The molecule has 6 heteroatoms. The first-order chi connectivity index (χ1) is 35.0. The minimum absolute atomic E-state index is 0.0741. The van der Waals surface area contributed by atoms with E-state index in [9.17, 15) is 14.4 Å². The van der Waals surface area contributed by atoms with E-state index in [1.54, 1.807) is 0 Å². The molecule has 0 aliphatic carbocycles. The van der Waals surface area contributed by atoms with Gasteiger partial charge in [0.1, 0.15) is 13.2 Å². The normalized spacial score (nSPS) is 12.3. The van der Waals surface area contributed by atoms with Crippen LogP contribution in [0.2, 0.25) is 0 Å². The predicted octanol–water partition coefficient (Wildman–Crippen LogP) is 21.0. The van der Waals surface area contributed by atoms with Crippen molar-refractivity contribution >= 4 is 17.9 Å². The minimum atomic E-state index is -0.778. The molecule has 0 aromatic heterocycles. The molecule has 0 bridgehead atoms. The van der Waals surface area contributed by atoms with Gasteiger partial charge in [-0.2, -0.15) is 0 Å². The van der Waals surface area contributed by atoms with Crippen molar-refractivity contribution in [1.82, 2.24) is 0 Å². The van der Waals surface area contributed by atoms with Gasteiger partial charge in [0.15, 0.2) is 6.10 Å². The number of unbranched alkanes of at least 4 members (excludes halogenated alkanes) is 38. The highest BCUT2D eigenvalue weighted by Gasteiger charge is 2.19. The zero-order chi connectivity index (χ0) is 51.4. The lowest BCUT2D eigenvalue weighted by atomic mass is 10.0. The molecule has 6 nitrogen and oxygen atoms in total. The summed E-state index contributed by atoms with van der Waals surface area (Å²) < 4.78 is 16.9. The minimum Gasteiger partial charge on any atom is -0.462 e. The van der Waals surface area contributed by atoms with Crippen molar-refractivity contribution in [2.45, 2.75) is 335 Å². The summed E-state index contributed by atoms with van der Waals surface area (Å²) >= 11 is 0. The van der Waals surface area contributed by atoms with Crippen LogP contribution in [0, 0.1) is 0 Å². The van der Waals surface area contributed by atoms with Crippen molar-refractivity contribution in [2.75, 3.05) is 13.2 Å². The number of hydrogen-bond donors (Lipinski definition) is 0. The van der Waals surface area contributed by atoms with Crippen LogP contribution in [-0.2, 0) is 28.6 Å². The van der Waals surface area contributed by atoms with Gasteiger partial charge in [-0.25, -0.2) is 0 Å². The molecule has 0 aliphatic rings. The molecule has 0 aromatic carbocycles. The molecule has 0 aliphatic heterocycles. The van der Waals surface area contributed by atoms with E-state index >= 15 is 0 Å². The average molecular weight is 996 g/mol. The van der Waals surface area contributed by atoms with E-state index in [0.717, 1.165) is 77.0 Å². The van der Waals surface area contributed by atoms with Crippen molar-refractivity contribution in [3.63, 3.8) is 0 Å². The average Bonchev–Trinajstić information content (AvgIpc) is 3.37. The van der Waals surface area contributed by atoms with E-state index in [4.69, 9.17) is 14.2 Å². The van der Waals surface area contributed by atoms with Crippen LogP contribution in [-0.4, -0.2) is 37.2 Å². The second kappa shape index (κ2) is 59.9. The first-order valence-corrected chi connectivity index (χ1v) is 31.1. The molecular formula is C65H118O6. The summed E-state index contributed by atoms with van der Waals surface area (Å²) in [6.07, 6.45) is 73.8. The monoisotopic (exact) mass is 995 g/mol. The third-order valence-electron chi connectivity index (χ3n) is 13.8. The topological polar surface area (TPSA) is 78.9 Å². The molecule has 0 N–H and O–H groups in total. The molecule has 1 atom stereocenters. The zero-order valence-corrected chi connectivity index (χ0v) is 47.5. The molecule has 414 valence electrons. The van der Waals surface area contributed by atoms with Crippen LogP contribution in [0.4, 0.5) is 0 Å². The second-order valence-corrected chi connectivity index (χ2v) is 21.0. The molecule has 0 rings (SSSR count). The number of carbonyl (C=O) groups is 3. The Balaban J connectivity index is 4.36. The van der Waals surface area contributed by atoms with E-state index in [1.807, 2.05) is 0 Å². The van der Waals surface area contributed by atoms with Crippen molar-refractivity contribution in [2.24, 2.45) is 0 Å². The van der Waals surface area contributed by atoms with Crippen LogP contribution in [0.15, 0.2) is 48.6 Å². The summed E-state index contributed by atoms with van der Waals surface area (Å²) in [5.74, 6) is -0.867. The molecule has 0 radical (unpaired) electrons. The molecule has 0 fully saturated rings. The molecule has 1 unspecified atom stereocenters. The Labute approximate surface area is 441 Å². The largest absolute Gasteiger partial charge is 0.462 e. The van der Waals surface area contributed by atoms with Crippen LogP contribution in [0.1, 0.15) is 329 Å². The van der Waals surface area contributed by atoms with E-state index in [1.165, 1.54) is 212 Å². The number of hydrogen-bond acceptors (Lipinski definition) is 6. The first kappa shape index (κ1) is 68.4. The highest BCUT2D eigenvalue weighted by molar-refractivity contribution is 5.71. The number of ether oxygens (including phenoxy) is 3. The second-order valence-electron chi connectivity index (χ2n) is 21.0. The molecule has 0 aromatic rings. The maximum absolute atomic E-state index is 12.9. The Hall–Kier alpha value is -2.63. The Morgan fingerprint density at radius 1 is 0.282 bits per heavy atom. The fourth-order valence-corrected chi connectivity index (χ4v) is 9.09. The lowest BCUT2D eigenvalue weighted by Crippen LogP contribution is -2.30. The Bertz CT molecular complexity index is 1230. The summed E-state index contributed by atoms with van der Waals surface area (Å²) in [7, 11) is 0. The Morgan fingerprint density at radius 3 is 0.817 bits per heavy atom. The summed E-state index contributed by atoms with van der Waals surface area (Å²) in [4.78, 5) is 38.3. The Morgan fingerprint density at radius 2 is 0.507 bits per heavy atom. The van der Waals surface area contributed by atoms with Crippen LogP contribution < -0.4 is 0 Å². The first-order valence-electron chi connectivity index (χ1n) is 31.1. The van der Waals surface area contributed by atoms with Gasteiger partial charge in [0.2, 0.25) is 0 Å². The van der Waals surface area contributed by atoms with Gasteiger partial charge in [-0.1, -0.05) is 275 Å². The molecule has 71 heavy (non-hydrogen) atoms. The summed E-state index contributed by atoms with van der Waals surface area (Å²) in [5.41, 5.74) is 0. The number of rotatable bonds is 57. The molecule has 0 saturated carbocycles. The third kappa shape index (κ3) is 58.1. The van der Waals surface area contributed by atoms with Crippen molar-refractivity contribution in [3.05, 3.63) is 48.6 Å². The maximum atomic E-state index is 12.9. The van der Waals surface area contributed by atoms with E-state index < -0.39 is 6.10 Å². The van der Waals surface area contributed by atoms with Crippen LogP contribution >= 0.6 is 0 Å². The van der Waals surface area contributed by atoms with Crippen molar-refractivity contribution < 1.29 is 28.6 Å². The highest BCUT2D eigenvalue weighted by Crippen LogP contribution is 2.17. The third-order valence-corrected chi connectivity index (χ3v) is 13.8. The predicted molar refractivity (Wildman–Crippen MR) is 307 cm³/mol.